The lowest BCUT2D eigenvalue weighted by molar-refractivity contribution is -0.131. The van der Waals surface area contributed by atoms with Crippen LogP contribution in [0.2, 0.25) is 10.0 Å². The van der Waals surface area contributed by atoms with Crippen LogP contribution in [0.3, 0.4) is 0 Å². The maximum Gasteiger partial charge on any atom is 0.328 e. The largest absolute Gasteiger partial charge is 0.478 e. The second kappa shape index (κ2) is 12.2. The van der Waals surface area contributed by atoms with Crippen LogP contribution >= 0.6 is 46.5 Å². The molecule has 1 atom stereocenters. The number of carbonyl (C=O) groups excluding carboxylic acids is 1. The van der Waals surface area contributed by atoms with Gasteiger partial charge in [0.25, 0.3) is 0 Å². The smallest absolute Gasteiger partial charge is 0.328 e. The molecule has 0 aliphatic carbocycles. The Bertz CT molecular complexity index is 1030. The van der Waals surface area contributed by atoms with Crippen LogP contribution in [-0.2, 0) is 27.3 Å². The van der Waals surface area contributed by atoms with Gasteiger partial charge in [-0.05, 0) is 30.2 Å². The molecule has 1 aliphatic heterocycles. The van der Waals surface area contributed by atoms with Gasteiger partial charge in [-0.2, -0.15) is 0 Å². The SMILES string of the molecule is CCc1nc(SN(C[C@@H]2CN(Cc3ccc(Cl)c(Cl)c3)CCO2)C(C)=O)sc1/C=C/C(=O)O. The molecule has 1 N–H and O–H groups in total. The number of thiazole rings is 1. The number of aryl methyl sites for hydroxylation is 1. The van der Waals surface area contributed by atoms with Gasteiger partial charge in [-0.25, -0.2) is 9.78 Å². The average molecular weight is 530 g/mol. The monoisotopic (exact) mass is 529 g/mol. The van der Waals surface area contributed by atoms with Gasteiger partial charge in [-0.1, -0.05) is 36.2 Å². The zero-order valence-electron chi connectivity index (χ0n) is 18.3. The van der Waals surface area contributed by atoms with Crippen LogP contribution in [0.15, 0.2) is 28.6 Å². The molecular weight excluding hydrogens is 505 g/mol. The second-order valence-corrected chi connectivity index (χ2v) is 10.6. The first kappa shape index (κ1) is 26.0. The molecule has 1 aromatic carbocycles. The lowest BCUT2D eigenvalue weighted by Gasteiger charge is -2.35. The highest BCUT2D eigenvalue weighted by atomic mass is 35.5. The number of carboxylic acids is 1. The molecule has 33 heavy (non-hydrogen) atoms. The van der Waals surface area contributed by atoms with E-state index in [1.165, 1.54) is 30.2 Å². The zero-order chi connectivity index (χ0) is 24.0. The molecule has 2 aromatic rings. The van der Waals surface area contributed by atoms with Crippen LogP contribution in [-0.4, -0.2) is 63.5 Å². The summed E-state index contributed by atoms with van der Waals surface area (Å²) in [5.41, 5.74) is 1.88. The number of benzene rings is 1. The second-order valence-electron chi connectivity index (χ2n) is 7.46. The normalized spacial score (nSPS) is 16.9. The van der Waals surface area contributed by atoms with Crippen LogP contribution in [0.5, 0.6) is 0 Å². The van der Waals surface area contributed by atoms with Crippen LogP contribution in [0, 0.1) is 0 Å². The fourth-order valence-electron chi connectivity index (χ4n) is 3.35. The van der Waals surface area contributed by atoms with E-state index in [-0.39, 0.29) is 12.0 Å². The van der Waals surface area contributed by atoms with E-state index < -0.39 is 5.97 Å². The van der Waals surface area contributed by atoms with E-state index in [2.05, 4.69) is 9.88 Å². The van der Waals surface area contributed by atoms with Gasteiger partial charge >= 0.3 is 5.97 Å². The topological polar surface area (TPSA) is 83.0 Å². The van der Waals surface area contributed by atoms with Crippen LogP contribution in [0.4, 0.5) is 0 Å². The van der Waals surface area contributed by atoms with Gasteiger partial charge < -0.3 is 9.84 Å². The molecule has 11 heteroatoms. The zero-order valence-corrected chi connectivity index (χ0v) is 21.4. The van der Waals surface area contributed by atoms with Crippen molar-refractivity contribution in [3.05, 3.63) is 50.5 Å². The molecule has 1 aromatic heterocycles. The average Bonchev–Trinajstić information content (AvgIpc) is 3.16. The highest BCUT2D eigenvalue weighted by Gasteiger charge is 2.26. The summed E-state index contributed by atoms with van der Waals surface area (Å²) >= 11 is 14.8. The number of carboxylic acid groups (broad SMARTS) is 1. The van der Waals surface area contributed by atoms with Gasteiger partial charge in [0, 0.05) is 44.6 Å². The van der Waals surface area contributed by atoms with Crippen molar-refractivity contribution in [2.75, 3.05) is 26.2 Å². The lowest BCUT2D eigenvalue weighted by Crippen LogP contribution is -2.46. The molecule has 0 unspecified atom stereocenters. The summed E-state index contributed by atoms with van der Waals surface area (Å²) in [6.45, 7) is 6.65. The molecule has 3 rings (SSSR count). The third-order valence-electron chi connectivity index (χ3n) is 4.94. The Balaban J connectivity index is 1.64. The van der Waals surface area contributed by atoms with Crippen LogP contribution in [0.1, 0.15) is 30.0 Å². The van der Waals surface area contributed by atoms with Gasteiger partial charge in [0.15, 0.2) is 4.34 Å². The van der Waals surface area contributed by atoms with E-state index in [1.54, 1.807) is 16.4 Å². The number of amides is 1. The summed E-state index contributed by atoms with van der Waals surface area (Å²) in [4.78, 5) is 30.8. The summed E-state index contributed by atoms with van der Waals surface area (Å²) in [7, 11) is 0. The summed E-state index contributed by atoms with van der Waals surface area (Å²) < 4.78 is 8.27. The van der Waals surface area contributed by atoms with Crippen molar-refractivity contribution in [1.82, 2.24) is 14.2 Å². The Morgan fingerprint density at radius 2 is 2.18 bits per heavy atom. The van der Waals surface area contributed by atoms with Gasteiger partial charge in [0.1, 0.15) is 0 Å². The molecule has 2 heterocycles. The number of morpholine rings is 1. The number of hydrogen-bond acceptors (Lipinski definition) is 7. The minimum Gasteiger partial charge on any atom is -0.478 e. The molecule has 0 bridgehead atoms. The third kappa shape index (κ3) is 7.70. The summed E-state index contributed by atoms with van der Waals surface area (Å²) in [5.74, 6) is -1.11. The van der Waals surface area contributed by atoms with E-state index in [9.17, 15) is 9.59 Å². The van der Waals surface area contributed by atoms with Crippen LogP contribution in [0.25, 0.3) is 6.08 Å². The van der Waals surface area contributed by atoms with Gasteiger partial charge in [0.2, 0.25) is 5.91 Å². The Labute approximate surface area is 211 Å². The number of halogens is 2. The molecule has 1 fully saturated rings. The fraction of sp³-hybridized carbons (Fsp3) is 0.409. The Hall–Kier alpha value is -1.62. The van der Waals surface area contributed by atoms with Gasteiger partial charge in [-0.3, -0.25) is 14.0 Å². The maximum absolute atomic E-state index is 12.3. The van der Waals surface area contributed by atoms with Gasteiger partial charge in [-0.15, -0.1) is 11.3 Å². The molecule has 0 saturated carbocycles. The molecular formula is C22H25Cl2N3O4S2. The number of hydrogen-bond donors (Lipinski definition) is 1. The first-order valence-electron chi connectivity index (χ1n) is 10.4. The number of aromatic nitrogens is 1. The summed E-state index contributed by atoms with van der Waals surface area (Å²) in [5, 5.41) is 9.96. The van der Waals surface area contributed by atoms with Gasteiger partial charge in [0.05, 0.1) is 39.9 Å². The molecule has 1 aliphatic rings. The molecule has 7 nitrogen and oxygen atoms in total. The summed E-state index contributed by atoms with van der Waals surface area (Å²) in [6.07, 6.45) is 3.18. The van der Waals surface area contributed by atoms with Crippen molar-refractivity contribution >= 4 is 64.4 Å². The minimum absolute atomic E-state index is 0.0962. The predicted octanol–water partition coefficient (Wildman–Crippen LogP) is 4.87. The highest BCUT2D eigenvalue weighted by Crippen LogP contribution is 2.32. The number of nitrogens with zero attached hydrogens (tertiary/aromatic N) is 3. The van der Waals surface area contributed by atoms with Crippen molar-refractivity contribution in [2.45, 2.75) is 37.3 Å². The summed E-state index contributed by atoms with van der Waals surface area (Å²) in [6, 6.07) is 5.63. The van der Waals surface area contributed by atoms with Crippen molar-refractivity contribution in [3.8, 4) is 0 Å². The van der Waals surface area contributed by atoms with Crippen molar-refractivity contribution < 1.29 is 19.4 Å². The molecule has 0 spiro atoms. The molecule has 1 saturated heterocycles. The Morgan fingerprint density at radius 3 is 2.85 bits per heavy atom. The van der Waals surface area contributed by atoms with Crippen molar-refractivity contribution in [1.29, 1.82) is 0 Å². The standard InChI is InChI=1S/C22H25Cl2N3O4S2/c1-3-19-20(6-7-21(29)30)32-22(25-19)33-27(14(2)28)13-16-12-26(8-9-31-16)11-15-4-5-17(23)18(24)10-15/h4-7,10,16H,3,8-9,11-13H2,1-2H3,(H,29,30)/b7-6+/t16-/m0/s1. The maximum atomic E-state index is 12.3. The van der Waals surface area contributed by atoms with Crippen molar-refractivity contribution in [3.63, 3.8) is 0 Å². The van der Waals surface area contributed by atoms with E-state index in [0.717, 1.165) is 35.3 Å². The number of aliphatic carboxylic acids is 1. The third-order valence-corrected chi connectivity index (χ3v) is 7.89. The van der Waals surface area contributed by atoms with Crippen LogP contribution < -0.4 is 0 Å². The molecule has 178 valence electrons. The van der Waals surface area contributed by atoms with E-state index in [1.807, 2.05) is 19.1 Å². The first-order valence-corrected chi connectivity index (χ1v) is 12.7. The van der Waals surface area contributed by atoms with E-state index in [0.29, 0.717) is 40.5 Å². The quantitative estimate of drug-likeness (QED) is 0.366. The Kier molecular flexibility index (Phi) is 9.60. The molecule has 1 amide bonds. The predicted molar refractivity (Wildman–Crippen MR) is 133 cm³/mol. The minimum atomic E-state index is -1.01. The number of carbonyl (C=O) groups is 2. The Morgan fingerprint density at radius 1 is 1.39 bits per heavy atom. The molecule has 0 radical (unpaired) electrons. The lowest BCUT2D eigenvalue weighted by atomic mass is 10.2. The number of rotatable bonds is 9. The van der Waals surface area contributed by atoms with E-state index >= 15 is 0 Å². The highest BCUT2D eigenvalue weighted by molar-refractivity contribution is 7.99. The fourth-order valence-corrected chi connectivity index (χ4v) is 5.86. The van der Waals surface area contributed by atoms with E-state index in [4.69, 9.17) is 33.0 Å². The number of ether oxygens (including phenoxy) is 1. The van der Waals surface area contributed by atoms with Crippen molar-refractivity contribution in [2.24, 2.45) is 0 Å². The first-order chi connectivity index (χ1) is 15.7.